The van der Waals surface area contributed by atoms with Crippen LogP contribution in [0, 0.1) is 12.8 Å². The first-order chi connectivity index (χ1) is 16.3. The number of aryl methyl sites for hydroxylation is 2. The number of piperidine rings is 1. The summed E-state index contributed by atoms with van der Waals surface area (Å²) in [5.74, 6) is 0.827. The number of rotatable bonds is 9. The van der Waals surface area contributed by atoms with Gasteiger partial charge in [-0.2, -0.15) is 5.10 Å². The van der Waals surface area contributed by atoms with Crippen LogP contribution in [0.2, 0.25) is 0 Å². The molecule has 1 saturated heterocycles. The Hall–Kier alpha value is -2.64. The Morgan fingerprint density at radius 3 is 2.32 bits per heavy atom. The lowest BCUT2D eigenvalue weighted by molar-refractivity contribution is 0.210. The van der Waals surface area contributed by atoms with Crippen LogP contribution < -0.4 is 4.72 Å². The Kier molecular flexibility index (Phi) is 7.73. The molecule has 4 rings (SSSR count). The van der Waals surface area contributed by atoms with Crippen molar-refractivity contribution >= 4 is 15.7 Å². The maximum atomic E-state index is 13.2. The molecule has 1 aliphatic rings. The lowest BCUT2D eigenvalue weighted by Gasteiger charge is -2.28. The third kappa shape index (κ3) is 6.07. The molecule has 6 nitrogen and oxygen atoms in total. The van der Waals surface area contributed by atoms with Crippen LogP contribution in [0.15, 0.2) is 59.5 Å². The zero-order valence-electron chi connectivity index (χ0n) is 20.5. The Morgan fingerprint density at radius 1 is 0.971 bits per heavy atom. The molecule has 2 aromatic carbocycles. The third-order valence-electron chi connectivity index (χ3n) is 7.01. The van der Waals surface area contributed by atoms with E-state index in [9.17, 15) is 8.42 Å². The molecule has 0 radical (unpaired) electrons. The number of sulfonamides is 1. The molecule has 2 heterocycles. The molecule has 1 aromatic heterocycles. The van der Waals surface area contributed by atoms with Gasteiger partial charge in [0, 0.05) is 13.5 Å². The largest absolute Gasteiger partial charge is 0.306 e. The lowest BCUT2D eigenvalue weighted by Crippen LogP contribution is -2.30. The van der Waals surface area contributed by atoms with Crippen molar-refractivity contribution < 1.29 is 8.42 Å². The average Bonchev–Trinajstić information content (AvgIpc) is 3.08. The van der Waals surface area contributed by atoms with Gasteiger partial charge in [-0.1, -0.05) is 48.9 Å². The first-order valence-electron chi connectivity index (χ1n) is 12.2. The molecule has 1 fully saturated rings. The van der Waals surface area contributed by atoms with Gasteiger partial charge in [-0.25, -0.2) is 8.42 Å². The highest BCUT2D eigenvalue weighted by molar-refractivity contribution is 7.92. The fourth-order valence-corrected chi connectivity index (χ4v) is 5.84. The minimum Gasteiger partial charge on any atom is -0.306 e. The maximum absolute atomic E-state index is 13.2. The van der Waals surface area contributed by atoms with Gasteiger partial charge in [0.15, 0.2) is 0 Å². The molecule has 1 aliphatic heterocycles. The highest BCUT2D eigenvalue weighted by Crippen LogP contribution is 2.26. The van der Waals surface area contributed by atoms with E-state index in [0.717, 1.165) is 35.7 Å². The van der Waals surface area contributed by atoms with Gasteiger partial charge in [0.2, 0.25) is 0 Å². The molecule has 0 bridgehead atoms. The smallest absolute Gasteiger partial charge is 0.262 e. The fraction of sp³-hybridized carbons (Fsp3) is 0.444. The Morgan fingerprint density at radius 2 is 1.65 bits per heavy atom. The minimum atomic E-state index is -3.70. The number of aromatic nitrogens is 2. The van der Waals surface area contributed by atoms with Crippen molar-refractivity contribution in [3.8, 4) is 0 Å². The summed E-state index contributed by atoms with van der Waals surface area (Å²) in [7, 11) is 0.325. The quantitative estimate of drug-likeness (QED) is 0.478. The van der Waals surface area contributed by atoms with Crippen molar-refractivity contribution in [1.82, 2.24) is 14.7 Å². The zero-order chi connectivity index (χ0) is 24.1. The molecular weight excluding hydrogens is 444 g/mol. The van der Waals surface area contributed by atoms with Crippen molar-refractivity contribution in [2.24, 2.45) is 13.0 Å². The number of hydrogen-bond donors (Lipinski definition) is 1. The molecule has 34 heavy (non-hydrogen) atoms. The first-order valence-corrected chi connectivity index (χ1v) is 13.7. The van der Waals surface area contributed by atoms with E-state index < -0.39 is 10.0 Å². The van der Waals surface area contributed by atoms with Crippen molar-refractivity contribution in [2.75, 3.05) is 24.9 Å². The van der Waals surface area contributed by atoms with Crippen LogP contribution in [0.25, 0.3) is 0 Å². The van der Waals surface area contributed by atoms with Crippen LogP contribution in [-0.4, -0.2) is 43.2 Å². The zero-order valence-corrected chi connectivity index (χ0v) is 21.3. The Bertz CT molecular complexity index is 1180. The number of anilines is 1. The van der Waals surface area contributed by atoms with Crippen molar-refractivity contribution in [2.45, 2.75) is 50.3 Å². The normalized spacial score (nSPS) is 15.5. The van der Waals surface area contributed by atoms with Gasteiger partial charge in [-0.15, -0.1) is 0 Å². The second-order valence-electron chi connectivity index (χ2n) is 9.58. The number of likely N-dealkylation sites (tertiary alicyclic amines) is 1. The molecule has 0 unspecified atom stereocenters. The van der Waals surface area contributed by atoms with E-state index in [2.05, 4.69) is 21.8 Å². The van der Waals surface area contributed by atoms with Crippen LogP contribution in [0.5, 0.6) is 0 Å². The topological polar surface area (TPSA) is 67.2 Å². The molecule has 0 amide bonds. The average molecular weight is 481 g/mol. The van der Waals surface area contributed by atoms with Crippen LogP contribution >= 0.6 is 0 Å². The molecule has 182 valence electrons. The summed E-state index contributed by atoms with van der Waals surface area (Å²) in [6.45, 7) is 4.29. The fourth-order valence-electron chi connectivity index (χ4n) is 4.70. The molecular formula is C27H36N4O2S. The number of nitrogens with zero attached hydrogens (tertiary/aromatic N) is 3. The van der Waals surface area contributed by atoms with Crippen LogP contribution in [0.4, 0.5) is 5.69 Å². The van der Waals surface area contributed by atoms with E-state index in [1.54, 1.807) is 16.8 Å². The summed E-state index contributed by atoms with van der Waals surface area (Å²) in [5.41, 5.74) is 4.36. The standard InChI is InChI=1S/C27H36N4O2S/c1-21-27(26(28-31(21)3)20-24-8-5-4-6-9-24)29-34(32,33)25-14-12-22(13-15-25)10-7-11-23-16-18-30(2)19-17-23/h4-6,8-9,12-15,23,29H,7,10-11,16-20H2,1-3H3. The number of benzene rings is 2. The summed E-state index contributed by atoms with van der Waals surface area (Å²) in [6, 6.07) is 17.3. The van der Waals surface area contributed by atoms with Gasteiger partial charge < -0.3 is 4.90 Å². The van der Waals surface area contributed by atoms with Gasteiger partial charge >= 0.3 is 0 Å². The van der Waals surface area contributed by atoms with E-state index >= 15 is 0 Å². The Labute approximate surface area is 204 Å². The molecule has 0 saturated carbocycles. The van der Waals surface area contributed by atoms with Gasteiger partial charge in [0.25, 0.3) is 10.0 Å². The molecule has 0 aliphatic carbocycles. The second-order valence-corrected chi connectivity index (χ2v) is 11.3. The van der Waals surface area contributed by atoms with Crippen molar-refractivity contribution in [3.05, 3.63) is 77.1 Å². The van der Waals surface area contributed by atoms with Gasteiger partial charge in [-0.05, 0) is 81.9 Å². The molecule has 0 atom stereocenters. The van der Waals surface area contributed by atoms with Crippen LogP contribution in [0.3, 0.4) is 0 Å². The monoisotopic (exact) mass is 480 g/mol. The number of nitrogens with one attached hydrogen (secondary N) is 1. The van der Waals surface area contributed by atoms with Gasteiger partial charge in [-0.3, -0.25) is 9.40 Å². The summed E-state index contributed by atoms with van der Waals surface area (Å²) >= 11 is 0. The number of hydrogen-bond acceptors (Lipinski definition) is 4. The molecule has 1 N–H and O–H groups in total. The Balaban J connectivity index is 1.40. The second kappa shape index (κ2) is 10.7. The summed E-state index contributed by atoms with van der Waals surface area (Å²) < 4.78 is 30.9. The SMILES string of the molecule is Cc1c(NS(=O)(=O)c2ccc(CCCC3CCN(C)CC3)cc2)c(Cc2ccccc2)nn1C. The first kappa shape index (κ1) is 24.5. The maximum Gasteiger partial charge on any atom is 0.262 e. The van der Waals surface area contributed by atoms with Crippen molar-refractivity contribution in [3.63, 3.8) is 0 Å². The van der Waals surface area contributed by atoms with E-state index in [1.165, 1.54) is 37.9 Å². The molecule has 3 aromatic rings. The predicted molar refractivity (Wildman–Crippen MR) is 138 cm³/mol. The van der Waals surface area contributed by atoms with E-state index in [0.29, 0.717) is 12.1 Å². The van der Waals surface area contributed by atoms with E-state index in [-0.39, 0.29) is 4.90 Å². The predicted octanol–water partition coefficient (Wildman–Crippen LogP) is 4.78. The molecule has 7 heteroatoms. The lowest BCUT2D eigenvalue weighted by atomic mass is 9.91. The highest BCUT2D eigenvalue weighted by atomic mass is 32.2. The van der Waals surface area contributed by atoms with Crippen LogP contribution in [-0.2, 0) is 29.9 Å². The third-order valence-corrected chi connectivity index (χ3v) is 8.37. The van der Waals surface area contributed by atoms with E-state index in [4.69, 9.17) is 0 Å². The minimum absolute atomic E-state index is 0.278. The molecule has 0 spiro atoms. The van der Waals surface area contributed by atoms with Crippen molar-refractivity contribution in [1.29, 1.82) is 0 Å². The van der Waals surface area contributed by atoms with Gasteiger partial charge in [0.1, 0.15) is 0 Å². The summed E-state index contributed by atoms with van der Waals surface area (Å²) in [6.07, 6.45) is 6.54. The van der Waals surface area contributed by atoms with Crippen LogP contribution in [0.1, 0.15) is 48.2 Å². The highest BCUT2D eigenvalue weighted by Gasteiger charge is 2.21. The summed E-state index contributed by atoms with van der Waals surface area (Å²) in [4.78, 5) is 2.68. The van der Waals surface area contributed by atoms with Gasteiger partial charge in [0.05, 0.1) is 22.0 Å². The summed E-state index contributed by atoms with van der Waals surface area (Å²) in [5, 5.41) is 4.56. The van der Waals surface area contributed by atoms with E-state index in [1.807, 2.05) is 56.4 Å².